The van der Waals surface area contributed by atoms with Gasteiger partial charge in [-0.15, -0.1) is 0 Å². The van der Waals surface area contributed by atoms with Gasteiger partial charge in [-0.1, -0.05) is 267 Å². The van der Waals surface area contributed by atoms with E-state index in [1.807, 2.05) is 18.3 Å². The van der Waals surface area contributed by atoms with Crippen LogP contribution in [0.5, 0.6) is 0 Å². The smallest absolute Gasteiger partial charge is 0.138 e. The number of hydrogen-bond acceptors (Lipinski definition) is 2. The van der Waals surface area contributed by atoms with Crippen molar-refractivity contribution < 1.29 is 0 Å². The second-order valence-corrected chi connectivity index (χ2v) is 29.8. The van der Waals surface area contributed by atoms with Crippen molar-refractivity contribution in [2.45, 2.75) is 0 Å². The Morgan fingerprint density at radius 2 is 0.486 bits per heavy atom. The molecule has 0 unspecified atom stereocenters. The van der Waals surface area contributed by atoms with Gasteiger partial charge in [0.25, 0.3) is 0 Å². The van der Waals surface area contributed by atoms with Crippen LogP contribution in [-0.2, 0) is 0 Å². The summed E-state index contributed by atoms with van der Waals surface area (Å²) in [5.74, 6) is 1.88. The van der Waals surface area contributed by atoms with Gasteiger partial charge in [0.15, 0.2) is 0 Å². The van der Waals surface area contributed by atoms with Gasteiger partial charge in [-0.3, -0.25) is 9.13 Å². The maximum absolute atomic E-state index is 5.18. The molecule has 23 aromatic rings. The summed E-state index contributed by atoms with van der Waals surface area (Å²) in [4.78, 5) is 9.90. The largest absolute Gasteiger partial charge is 0.309 e. The van der Waals surface area contributed by atoms with Crippen molar-refractivity contribution in [3.63, 3.8) is 0 Å². The van der Waals surface area contributed by atoms with E-state index in [4.69, 9.17) is 9.97 Å². The molecule has 0 fully saturated rings. The van der Waals surface area contributed by atoms with Crippen LogP contribution in [0.1, 0.15) is 0 Å². The maximum Gasteiger partial charge on any atom is 0.138 e. The van der Waals surface area contributed by atoms with Gasteiger partial charge in [-0.25, -0.2) is 9.97 Å². The molecule has 5 aromatic heterocycles. The zero-order chi connectivity index (χ0) is 72.5. The second-order valence-electron chi connectivity index (χ2n) is 29.8. The summed E-state index contributed by atoms with van der Waals surface area (Å²) in [7, 11) is 0. The van der Waals surface area contributed by atoms with E-state index in [9.17, 15) is 0 Å². The molecule has 26 rings (SSSR count). The van der Waals surface area contributed by atoms with Crippen LogP contribution in [0.2, 0.25) is 0 Å². The Morgan fingerprint density at radius 1 is 0.171 bits per heavy atom. The van der Waals surface area contributed by atoms with E-state index in [0.717, 1.165) is 22.9 Å². The minimum atomic E-state index is 0.935. The standard InChI is InChI=1S/C38H23N.C37H22N2.C31H18N2/c1-2-9-24(10-3-1)26-14-6-15-29(21-26)39-34-18-8-17-31-33-23-28-12-5-4-11-27(28)22-32(33)30-16-7-13-25-19-20-35(39)38(36(25)30)37(31)34;1-2-9-23(10-3-1)31-16-8-18-34(38-31)39-32-17-7-15-28-30-22-26-12-5-4-11-25(26)21-29(30)27-14-6-13-24-19-20-33(39)37(35(24)27)36(28)32;1-2-8-21-18-25-23-11-6-12-26-30(23)31-27(33(26)28-13-3-4-16-32-28)15-14-19-9-5-10-22(29(19)31)24(25)17-20(21)7-1/h1-23H;1-22H;1-18H. The highest BCUT2D eigenvalue weighted by Gasteiger charge is 2.30. The molecule has 5 nitrogen and oxygen atoms in total. The van der Waals surface area contributed by atoms with E-state index < -0.39 is 0 Å². The Kier molecular flexibility index (Phi) is 13.2. The molecule has 3 aliphatic carbocycles. The minimum absolute atomic E-state index is 0.935. The quantitative estimate of drug-likeness (QED) is 0.172. The van der Waals surface area contributed by atoms with Crippen molar-refractivity contribution in [3.8, 4) is 106 Å². The van der Waals surface area contributed by atoms with Gasteiger partial charge >= 0.3 is 0 Å². The third kappa shape index (κ3) is 9.12. The zero-order valence-electron chi connectivity index (χ0n) is 60.1. The van der Waals surface area contributed by atoms with Gasteiger partial charge in [0.05, 0.1) is 38.8 Å². The van der Waals surface area contributed by atoms with Gasteiger partial charge in [0.2, 0.25) is 0 Å². The van der Waals surface area contributed by atoms with E-state index in [1.54, 1.807) is 0 Å². The lowest BCUT2D eigenvalue weighted by atomic mass is 9.91. The highest BCUT2D eigenvalue weighted by atomic mass is 15.1. The number of nitrogens with zero attached hydrogens (tertiary/aromatic N) is 5. The van der Waals surface area contributed by atoms with Crippen molar-refractivity contribution in [2.24, 2.45) is 0 Å². The molecule has 3 aliphatic rings. The Bertz CT molecular complexity index is 7610. The summed E-state index contributed by atoms with van der Waals surface area (Å²) >= 11 is 0. The molecule has 5 heterocycles. The van der Waals surface area contributed by atoms with Crippen molar-refractivity contribution in [1.29, 1.82) is 0 Å². The summed E-state index contributed by atoms with van der Waals surface area (Å²) in [5.41, 5.74) is 28.6. The lowest BCUT2D eigenvalue weighted by Crippen LogP contribution is -1.99. The lowest BCUT2D eigenvalue weighted by Gasteiger charge is -2.15. The predicted molar refractivity (Wildman–Crippen MR) is 467 cm³/mol. The molecule has 0 N–H and O–H groups in total. The van der Waals surface area contributed by atoms with Crippen LogP contribution in [0.25, 0.3) is 237 Å². The lowest BCUT2D eigenvalue weighted by molar-refractivity contribution is 1.08. The summed E-state index contributed by atoms with van der Waals surface area (Å²) in [6, 6.07) is 137. The normalized spacial score (nSPS) is 12.1. The van der Waals surface area contributed by atoms with Crippen molar-refractivity contribution in [3.05, 3.63) is 382 Å². The molecule has 0 spiro atoms. The fraction of sp³-hybridized carbons (Fsp3) is 0. The van der Waals surface area contributed by atoms with Crippen molar-refractivity contribution in [2.75, 3.05) is 0 Å². The first-order chi connectivity index (χ1) is 55.1. The number of benzene rings is 18. The van der Waals surface area contributed by atoms with Gasteiger partial charge in [0.1, 0.15) is 11.6 Å². The molecule has 0 saturated carbocycles. The molecule has 18 aromatic carbocycles. The Balaban J connectivity index is 0.0000000975. The number of fused-ring (bicyclic) bond motifs is 12. The molecule has 0 radical (unpaired) electrons. The molecule has 0 atom stereocenters. The molecule has 0 bridgehead atoms. The topological polar surface area (TPSA) is 40.6 Å². The molecule has 5 heteroatoms. The van der Waals surface area contributed by atoms with Crippen LogP contribution < -0.4 is 0 Å². The molecule has 0 amide bonds. The number of aromatic nitrogens is 5. The Labute approximate surface area is 638 Å². The maximum atomic E-state index is 5.18. The van der Waals surface area contributed by atoms with Crippen LogP contribution in [-0.4, -0.2) is 23.7 Å². The number of rotatable bonds is 5. The van der Waals surface area contributed by atoms with Crippen LogP contribution in [0.3, 0.4) is 0 Å². The van der Waals surface area contributed by atoms with Gasteiger partial charge in [0, 0.05) is 49.8 Å². The predicted octanol–water partition coefficient (Wildman–Crippen LogP) is 28.3. The average molecular weight is 1410 g/mol. The number of hydrogen-bond donors (Lipinski definition) is 0. The average Bonchev–Trinajstić information content (AvgIpc) is 1.56. The van der Waals surface area contributed by atoms with Gasteiger partial charge in [-0.05, 0) is 252 Å². The highest BCUT2D eigenvalue weighted by molar-refractivity contribution is 6.34. The summed E-state index contributed by atoms with van der Waals surface area (Å²) < 4.78 is 7.13. The van der Waals surface area contributed by atoms with Crippen LogP contribution in [0, 0.1) is 0 Å². The monoisotopic (exact) mass is 1410 g/mol. The van der Waals surface area contributed by atoms with Crippen molar-refractivity contribution >= 4 is 130 Å². The molecule has 111 heavy (non-hydrogen) atoms. The fourth-order valence-corrected chi connectivity index (χ4v) is 19.2. The molecule has 0 saturated heterocycles. The third-order valence-corrected chi connectivity index (χ3v) is 23.9. The Morgan fingerprint density at radius 3 is 0.910 bits per heavy atom. The first kappa shape index (κ1) is 61.4. The molecular formula is C106H63N5. The van der Waals surface area contributed by atoms with Crippen LogP contribution in [0.4, 0.5) is 0 Å². The van der Waals surface area contributed by atoms with Gasteiger partial charge in [-0.2, -0.15) is 0 Å². The van der Waals surface area contributed by atoms with Crippen LogP contribution in [0.15, 0.2) is 382 Å². The molecular weight excluding hydrogens is 1340 g/mol. The number of pyridine rings is 2. The van der Waals surface area contributed by atoms with E-state index in [-0.39, 0.29) is 0 Å². The molecule has 512 valence electrons. The highest BCUT2D eigenvalue weighted by Crippen LogP contribution is 2.55. The third-order valence-electron chi connectivity index (χ3n) is 23.9. The SMILES string of the molecule is c1ccc(-c2cccc(-n3c4cccc5c4c4c6c(cccc6ccc43)-c3cc4ccccc4cc3-5)c2)cc1.c1ccc(-c2cccc(-n3c4cccc5c4c4c6c(cccc6ccc43)-c3cc4ccccc4cc3-5)n2)cc1.c1ccc(-n2c3cccc4c3c3c5c(cccc5ccc32)-c2cc3ccccc3cc2-4)nc1. The summed E-state index contributed by atoms with van der Waals surface area (Å²) in [5, 5.41) is 23.4. The fourth-order valence-electron chi connectivity index (χ4n) is 19.2. The van der Waals surface area contributed by atoms with E-state index in [1.165, 1.54) is 214 Å². The molecule has 0 aliphatic heterocycles. The summed E-state index contributed by atoms with van der Waals surface area (Å²) in [6.07, 6.45) is 1.87. The van der Waals surface area contributed by atoms with E-state index in [2.05, 4.69) is 378 Å². The van der Waals surface area contributed by atoms with Gasteiger partial charge < -0.3 is 4.57 Å². The first-order valence-corrected chi connectivity index (χ1v) is 38.3. The zero-order valence-corrected chi connectivity index (χ0v) is 60.1. The van der Waals surface area contributed by atoms with Crippen LogP contribution >= 0.6 is 0 Å². The minimum Gasteiger partial charge on any atom is -0.309 e. The first-order valence-electron chi connectivity index (χ1n) is 38.3. The van der Waals surface area contributed by atoms with Crippen molar-refractivity contribution in [1.82, 2.24) is 23.7 Å². The van der Waals surface area contributed by atoms with E-state index >= 15 is 0 Å². The second kappa shape index (κ2) is 23.9. The summed E-state index contributed by atoms with van der Waals surface area (Å²) in [6.45, 7) is 0. The van der Waals surface area contributed by atoms with E-state index in [0.29, 0.717) is 0 Å². The Hall–Kier alpha value is -14.8.